The second kappa shape index (κ2) is 6.43. The first-order valence-electron chi connectivity index (χ1n) is 3.65. The molecule has 0 spiro atoms. The summed E-state index contributed by atoms with van der Waals surface area (Å²) in [6, 6.07) is 0. The zero-order chi connectivity index (χ0) is 8.69. The highest BCUT2D eigenvalue weighted by molar-refractivity contribution is 6.27. The maximum absolute atomic E-state index is 10.6. The van der Waals surface area contributed by atoms with Gasteiger partial charge in [0.2, 0.25) is 5.91 Å². The molecule has 0 bridgehead atoms. The third-order valence-corrected chi connectivity index (χ3v) is 1.40. The largest absolute Gasteiger partial charge is 0.377 e. The zero-order valence-electron chi connectivity index (χ0n) is 6.89. The van der Waals surface area contributed by atoms with Gasteiger partial charge in [-0.3, -0.25) is 4.79 Å². The third kappa shape index (κ3) is 6.13. The minimum Gasteiger partial charge on any atom is -0.377 e. The summed E-state index contributed by atoms with van der Waals surface area (Å²) in [5, 5.41) is 2.62. The van der Waals surface area contributed by atoms with Crippen LogP contribution in [0.2, 0.25) is 0 Å². The third-order valence-electron chi connectivity index (χ3n) is 1.16. The Morgan fingerprint density at radius 1 is 1.73 bits per heavy atom. The van der Waals surface area contributed by atoms with Crippen molar-refractivity contribution >= 4 is 17.5 Å². The number of nitrogens with one attached hydrogen (secondary N) is 1. The molecule has 0 fully saturated rings. The van der Waals surface area contributed by atoms with Gasteiger partial charge in [0.05, 0.1) is 6.10 Å². The predicted octanol–water partition coefficient (Wildman–Crippen LogP) is 0.766. The molecule has 0 heterocycles. The van der Waals surface area contributed by atoms with Gasteiger partial charge in [-0.1, -0.05) is 0 Å². The molecule has 0 aromatic carbocycles. The van der Waals surface area contributed by atoms with Crippen molar-refractivity contribution in [2.75, 3.05) is 19.0 Å². The van der Waals surface area contributed by atoms with Gasteiger partial charge in [-0.25, -0.2) is 0 Å². The van der Waals surface area contributed by atoms with Crippen molar-refractivity contribution in [1.29, 1.82) is 0 Å². The van der Waals surface area contributed by atoms with Crippen molar-refractivity contribution in [2.45, 2.75) is 20.0 Å². The van der Waals surface area contributed by atoms with Crippen LogP contribution >= 0.6 is 11.6 Å². The molecule has 0 aliphatic rings. The number of amides is 1. The molecular formula is C7H14ClNO2. The van der Waals surface area contributed by atoms with Crippen molar-refractivity contribution in [3.63, 3.8) is 0 Å². The number of ether oxygens (including phenoxy) is 1. The summed E-state index contributed by atoms with van der Waals surface area (Å²) in [6.45, 7) is 5.01. The first-order valence-corrected chi connectivity index (χ1v) is 4.18. The highest BCUT2D eigenvalue weighted by atomic mass is 35.5. The number of halogens is 1. The van der Waals surface area contributed by atoms with E-state index in [0.29, 0.717) is 13.2 Å². The molecule has 0 aliphatic heterocycles. The lowest BCUT2D eigenvalue weighted by molar-refractivity contribution is -0.119. The van der Waals surface area contributed by atoms with E-state index in [2.05, 4.69) is 5.32 Å². The van der Waals surface area contributed by atoms with Crippen LogP contribution in [0.3, 0.4) is 0 Å². The minimum atomic E-state index is -0.154. The predicted molar refractivity (Wildman–Crippen MR) is 44.8 cm³/mol. The molecule has 3 nitrogen and oxygen atoms in total. The lowest BCUT2D eigenvalue weighted by Crippen LogP contribution is -2.32. The fraction of sp³-hybridized carbons (Fsp3) is 0.857. The fourth-order valence-corrected chi connectivity index (χ4v) is 0.743. The first-order chi connectivity index (χ1) is 5.20. The molecule has 1 amide bonds. The standard InChI is InChI=1S/C7H14ClNO2/c1-3-11-6(2)5-9-7(10)4-8/h6H,3-5H2,1-2H3,(H,9,10). The van der Waals surface area contributed by atoms with Gasteiger partial charge in [-0.15, -0.1) is 11.6 Å². The number of hydrogen-bond acceptors (Lipinski definition) is 2. The quantitative estimate of drug-likeness (QED) is 0.634. The molecule has 0 rings (SSSR count). The van der Waals surface area contributed by atoms with E-state index in [9.17, 15) is 4.79 Å². The van der Waals surface area contributed by atoms with Crippen LogP contribution in [0.1, 0.15) is 13.8 Å². The Bertz CT molecular complexity index is 119. The number of carbonyl (C=O) groups excluding carboxylic acids is 1. The summed E-state index contributed by atoms with van der Waals surface area (Å²) in [5.41, 5.74) is 0. The Morgan fingerprint density at radius 3 is 2.82 bits per heavy atom. The van der Waals surface area contributed by atoms with E-state index >= 15 is 0 Å². The maximum atomic E-state index is 10.6. The molecule has 4 heteroatoms. The number of alkyl halides is 1. The average molecular weight is 180 g/mol. The van der Waals surface area contributed by atoms with Crippen molar-refractivity contribution in [2.24, 2.45) is 0 Å². The molecule has 0 saturated carbocycles. The molecule has 0 aromatic rings. The van der Waals surface area contributed by atoms with E-state index in [1.165, 1.54) is 0 Å². The number of carbonyl (C=O) groups is 1. The average Bonchev–Trinajstić information content (AvgIpc) is 2.01. The smallest absolute Gasteiger partial charge is 0.235 e. The highest BCUT2D eigenvalue weighted by Crippen LogP contribution is 1.87. The Labute approximate surface area is 72.1 Å². The maximum Gasteiger partial charge on any atom is 0.235 e. The molecule has 1 atom stereocenters. The van der Waals surface area contributed by atoms with Crippen LogP contribution in [-0.4, -0.2) is 31.0 Å². The monoisotopic (exact) mass is 179 g/mol. The van der Waals surface area contributed by atoms with Crippen molar-refractivity contribution < 1.29 is 9.53 Å². The Kier molecular flexibility index (Phi) is 6.27. The van der Waals surface area contributed by atoms with Crippen LogP contribution in [0.25, 0.3) is 0 Å². The van der Waals surface area contributed by atoms with Crippen LogP contribution in [0, 0.1) is 0 Å². The fourth-order valence-electron chi connectivity index (χ4n) is 0.648. The Balaban J connectivity index is 3.29. The molecule has 66 valence electrons. The van der Waals surface area contributed by atoms with Gasteiger partial charge in [-0.05, 0) is 13.8 Å². The molecule has 1 N–H and O–H groups in total. The van der Waals surface area contributed by atoms with E-state index in [4.69, 9.17) is 16.3 Å². The second-order valence-electron chi connectivity index (χ2n) is 2.20. The number of rotatable bonds is 5. The van der Waals surface area contributed by atoms with E-state index in [1.807, 2.05) is 13.8 Å². The normalized spacial score (nSPS) is 12.6. The molecule has 0 saturated heterocycles. The second-order valence-corrected chi connectivity index (χ2v) is 2.47. The van der Waals surface area contributed by atoms with Crippen LogP contribution in [0.5, 0.6) is 0 Å². The summed E-state index contributed by atoms with van der Waals surface area (Å²) in [4.78, 5) is 10.6. The SMILES string of the molecule is CCOC(C)CNC(=O)CCl. The van der Waals surface area contributed by atoms with Crippen LogP contribution in [-0.2, 0) is 9.53 Å². The zero-order valence-corrected chi connectivity index (χ0v) is 7.65. The molecule has 0 radical (unpaired) electrons. The van der Waals surface area contributed by atoms with Crippen LogP contribution in [0.15, 0.2) is 0 Å². The lowest BCUT2D eigenvalue weighted by atomic mass is 10.4. The molecule has 0 aromatic heterocycles. The lowest BCUT2D eigenvalue weighted by Gasteiger charge is -2.11. The van der Waals surface area contributed by atoms with Gasteiger partial charge in [0.1, 0.15) is 5.88 Å². The van der Waals surface area contributed by atoms with E-state index < -0.39 is 0 Å². The van der Waals surface area contributed by atoms with E-state index in [-0.39, 0.29) is 17.9 Å². The topological polar surface area (TPSA) is 38.3 Å². The van der Waals surface area contributed by atoms with Gasteiger partial charge in [0, 0.05) is 13.2 Å². The molecule has 11 heavy (non-hydrogen) atoms. The van der Waals surface area contributed by atoms with Crippen molar-refractivity contribution in [3.05, 3.63) is 0 Å². The van der Waals surface area contributed by atoms with Crippen LogP contribution in [0.4, 0.5) is 0 Å². The summed E-state index contributed by atoms with van der Waals surface area (Å²) in [6.07, 6.45) is 0.0622. The van der Waals surface area contributed by atoms with Gasteiger partial charge in [-0.2, -0.15) is 0 Å². The van der Waals surface area contributed by atoms with Crippen molar-refractivity contribution in [3.8, 4) is 0 Å². The van der Waals surface area contributed by atoms with Crippen LogP contribution < -0.4 is 5.32 Å². The molecule has 0 aliphatic carbocycles. The van der Waals surface area contributed by atoms with Gasteiger partial charge in [0.15, 0.2) is 0 Å². The molecule has 1 unspecified atom stereocenters. The first kappa shape index (κ1) is 10.7. The highest BCUT2D eigenvalue weighted by Gasteiger charge is 2.02. The van der Waals surface area contributed by atoms with Crippen molar-refractivity contribution in [1.82, 2.24) is 5.32 Å². The minimum absolute atomic E-state index is 0.0127. The number of hydrogen-bond donors (Lipinski definition) is 1. The van der Waals surface area contributed by atoms with Gasteiger partial charge < -0.3 is 10.1 Å². The van der Waals surface area contributed by atoms with Gasteiger partial charge >= 0.3 is 0 Å². The summed E-state index contributed by atoms with van der Waals surface area (Å²) in [5.74, 6) is -0.142. The van der Waals surface area contributed by atoms with Gasteiger partial charge in [0.25, 0.3) is 0 Å². The summed E-state index contributed by atoms with van der Waals surface area (Å²) in [7, 11) is 0. The Morgan fingerprint density at radius 2 is 2.36 bits per heavy atom. The Hall–Kier alpha value is -0.280. The molecular weight excluding hydrogens is 166 g/mol. The summed E-state index contributed by atoms with van der Waals surface area (Å²) < 4.78 is 5.18. The van der Waals surface area contributed by atoms with E-state index in [0.717, 1.165) is 0 Å². The summed E-state index contributed by atoms with van der Waals surface area (Å²) >= 11 is 5.26. The van der Waals surface area contributed by atoms with E-state index in [1.54, 1.807) is 0 Å².